The molecule has 0 fully saturated rings. The van der Waals surface area contributed by atoms with E-state index in [1.54, 1.807) is 13.2 Å². The zero-order valence-corrected chi connectivity index (χ0v) is 11.9. The van der Waals surface area contributed by atoms with Crippen molar-refractivity contribution in [2.75, 3.05) is 12.4 Å². The number of hydrogen-bond acceptors (Lipinski definition) is 4. The normalized spacial score (nSPS) is 12.0. The first kappa shape index (κ1) is 13.6. The molecule has 0 saturated carbocycles. The SMILES string of the molecule is COc1cc(C)nc(NC(C)c2cccc(Cl)c2)n1. The lowest BCUT2D eigenvalue weighted by Crippen LogP contribution is -2.10. The zero-order valence-electron chi connectivity index (χ0n) is 11.1. The van der Waals surface area contributed by atoms with Crippen LogP contribution in [-0.4, -0.2) is 17.1 Å². The van der Waals surface area contributed by atoms with E-state index >= 15 is 0 Å². The molecule has 1 unspecified atom stereocenters. The average Bonchev–Trinajstić information content (AvgIpc) is 2.38. The second-order valence-electron chi connectivity index (χ2n) is 4.30. The molecule has 0 aliphatic heterocycles. The fourth-order valence-electron chi connectivity index (χ4n) is 1.76. The Morgan fingerprint density at radius 3 is 2.74 bits per heavy atom. The second-order valence-corrected chi connectivity index (χ2v) is 4.73. The summed E-state index contributed by atoms with van der Waals surface area (Å²) in [6.45, 7) is 3.93. The number of hydrogen-bond donors (Lipinski definition) is 1. The largest absolute Gasteiger partial charge is 0.481 e. The van der Waals surface area contributed by atoms with Gasteiger partial charge in [-0.15, -0.1) is 0 Å². The lowest BCUT2D eigenvalue weighted by Gasteiger charge is -2.15. The molecule has 0 aliphatic carbocycles. The first-order chi connectivity index (χ1) is 9.08. The summed E-state index contributed by atoms with van der Waals surface area (Å²) in [6, 6.07) is 9.56. The maximum Gasteiger partial charge on any atom is 0.226 e. The molecule has 0 aliphatic rings. The first-order valence-electron chi connectivity index (χ1n) is 6.00. The van der Waals surface area contributed by atoms with Gasteiger partial charge in [-0.05, 0) is 31.5 Å². The van der Waals surface area contributed by atoms with Crippen molar-refractivity contribution in [3.05, 3.63) is 46.6 Å². The lowest BCUT2D eigenvalue weighted by atomic mass is 10.1. The number of aromatic nitrogens is 2. The number of aryl methyl sites for hydroxylation is 1. The van der Waals surface area contributed by atoms with Gasteiger partial charge in [0.25, 0.3) is 0 Å². The highest BCUT2D eigenvalue weighted by atomic mass is 35.5. The fourth-order valence-corrected chi connectivity index (χ4v) is 1.96. The molecular weight excluding hydrogens is 262 g/mol. The molecule has 5 heteroatoms. The van der Waals surface area contributed by atoms with E-state index in [1.807, 2.05) is 38.1 Å². The molecule has 1 aromatic heterocycles. The third-order valence-electron chi connectivity index (χ3n) is 2.73. The molecule has 1 atom stereocenters. The molecule has 0 radical (unpaired) electrons. The Morgan fingerprint density at radius 1 is 1.26 bits per heavy atom. The number of ether oxygens (including phenoxy) is 1. The van der Waals surface area contributed by atoms with Crippen molar-refractivity contribution in [2.24, 2.45) is 0 Å². The predicted octanol–water partition coefficient (Wildman–Crippen LogP) is 3.62. The third kappa shape index (κ3) is 3.58. The number of anilines is 1. The van der Waals surface area contributed by atoms with Crippen LogP contribution >= 0.6 is 11.6 Å². The fraction of sp³-hybridized carbons (Fsp3) is 0.286. The van der Waals surface area contributed by atoms with Crippen molar-refractivity contribution in [2.45, 2.75) is 19.9 Å². The monoisotopic (exact) mass is 277 g/mol. The van der Waals surface area contributed by atoms with Gasteiger partial charge in [-0.3, -0.25) is 0 Å². The van der Waals surface area contributed by atoms with Crippen LogP contribution in [0.15, 0.2) is 30.3 Å². The van der Waals surface area contributed by atoms with E-state index in [9.17, 15) is 0 Å². The van der Waals surface area contributed by atoms with Gasteiger partial charge in [0.05, 0.1) is 13.2 Å². The third-order valence-corrected chi connectivity index (χ3v) is 2.97. The van der Waals surface area contributed by atoms with E-state index in [0.717, 1.165) is 11.3 Å². The van der Waals surface area contributed by atoms with Crippen LogP contribution in [0.4, 0.5) is 5.95 Å². The van der Waals surface area contributed by atoms with Crippen molar-refractivity contribution in [3.8, 4) is 5.88 Å². The summed E-state index contributed by atoms with van der Waals surface area (Å²) in [4.78, 5) is 8.60. The number of rotatable bonds is 4. The highest BCUT2D eigenvalue weighted by molar-refractivity contribution is 6.30. The second kappa shape index (κ2) is 5.89. The smallest absolute Gasteiger partial charge is 0.226 e. The molecule has 0 bridgehead atoms. The van der Waals surface area contributed by atoms with E-state index in [0.29, 0.717) is 16.9 Å². The summed E-state index contributed by atoms with van der Waals surface area (Å²) in [5, 5.41) is 3.96. The van der Waals surface area contributed by atoms with Crippen LogP contribution in [0.3, 0.4) is 0 Å². The summed E-state index contributed by atoms with van der Waals surface area (Å²) in [5.74, 6) is 1.10. The number of benzene rings is 1. The molecule has 19 heavy (non-hydrogen) atoms. The Morgan fingerprint density at radius 2 is 2.05 bits per heavy atom. The Hall–Kier alpha value is -1.81. The summed E-state index contributed by atoms with van der Waals surface area (Å²) in [5.41, 5.74) is 1.93. The van der Waals surface area contributed by atoms with Gasteiger partial charge in [-0.2, -0.15) is 4.98 Å². The standard InChI is InChI=1S/C14H16ClN3O/c1-9-7-13(19-3)18-14(16-9)17-10(2)11-5-4-6-12(15)8-11/h4-8,10H,1-3H3,(H,16,17,18). The van der Waals surface area contributed by atoms with E-state index in [2.05, 4.69) is 15.3 Å². The topological polar surface area (TPSA) is 47.0 Å². The summed E-state index contributed by atoms with van der Waals surface area (Å²) in [7, 11) is 1.59. The zero-order chi connectivity index (χ0) is 13.8. The van der Waals surface area contributed by atoms with Gasteiger partial charge in [0.2, 0.25) is 11.8 Å². The summed E-state index contributed by atoms with van der Waals surface area (Å²) in [6.07, 6.45) is 0. The molecular formula is C14H16ClN3O. The van der Waals surface area contributed by atoms with E-state index in [1.165, 1.54) is 0 Å². The van der Waals surface area contributed by atoms with Gasteiger partial charge in [0.1, 0.15) is 0 Å². The minimum absolute atomic E-state index is 0.0604. The van der Waals surface area contributed by atoms with Crippen molar-refractivity contribution >= 4 is 17.5 Å². The highest BCUT2D eigenvalue weighted by Gasteiger charge is 2.09. The quantitative estimate of drug-likeness (QED) is 0.927. The maximum atomic E-state index is 5.99. The summed E-state index contributed by atoms with van der Waals surface area (Å²) < 4.78 is 5.13. The number of methoxy groups -OCH3 is 1. The molecule has 0 spiro atoms. The molecule has 1 heterocycles. The molecule has 2 aromatic rings. The molecule has 2 rings (SSSR count). The van der Waals surface area contributed by atoms with E-state index in [-0.39, 0.29) is 6.04 Å². The number of halogens is 1. The van der Waals surface area contributed by atoms with Crippen LogP contribution in [0.2, 0.25) is 5.02 Å². The summed E-state index contributed by atoms with van der Waals surface area (Å²) >= 11 is 5.99. The van der Waals surface area contributed by atoms with Crippen molar-refractivity contribution in [3.63, 3.8) is 0 Å². The number of nitrogens with one attached hydrogen (secondary N) is 1. The minimum Gasteiger partial charge on any atom is -0.481 e. The molecule has 0 saturated heterocycles. The molecule has 1 N–H and O–H groups in total. The van der Waals surface area contributed by atoms with Crippen LogP contribution in [0.1, 0.15) is 24.2 Å². The maximum absolute atomic E-state index is 5.99. The first-order valence-corrected chi connectivity index (χ1v) is 6.38. The molecule has 1 aromatic carbocycles. The van der Waals surface area contributed by atoms with Crippen LogP contribution in [0.5, 0.6) is 5.88 Å². The van der Waals surface area contributed by atoms with Gasteiger partial charge in [-0.25, -0.2) is 4.98 Å². The average molecular weight is 278 g/mol. The molecule has 0 amide bonds. The Bertz CT molecular complexity index is 574. The predicted molar refractivity (Wildman–Crippen MR) is 76.8 cm³/mol. The van der Waals surface area contributed by atoms with Gasteiger partial charge in [0, 0.05) is 16.8 Å². The van der Waals surface area contributed by atoms with Gasteiger partial charge in [0.15, 0.2) is 0 Å². The van der Waals surface area contributed by atoms with Gasteiger partial charge >= 0.3 is 0 Å². The van der Waals surface area contributed by atoms with E-state index in [4.69, 9.17) is 16.3 Å². The molecule has 4 nitrogen and oxygen atoms in total. The van der Waals surface area contributed by atoms with Crippen LogP contribution in [0, 0.1) is 6.92 Å². The molecule has 100 valence electrons. The van der Waals surface area contributed by atoms with Gasteiger partial charge in [-0.1, -0.05) is 23.7 Å². The number of nitrogens with zero attached hydrogens (tertiary/aromatic N) is 2. The lowest BCUT2D eigenvalue weighted by molar-refractivity contribution is 0.397. The van der Waals surface area contributed by atoms with Gasteiger partial charge < -0.3 is 10.1 Å². The minimum atomic E-state index is 0.0604. The van der Waals surface area contributed by atoms with Crippen molar-refractivity contribution in [1.82, 2.24) is 9.97 Å². The van der Waals surface area contributed by atoms with Crippen molar-refractivity contribution in [1.29, 1.82) is 0 Å². The van der Waals surface area contributed by atoms with Crippen LogP contribution in [-0.2, 0) is 0 Å². The van der Waals surface area contributed by atoms with Crippen LogP contribution in [0.25, 0.3) is 0 Å². The van der Waals surface area contributed by atoms with Crippen LogP contribution < -0.4 is 10.1 Å². The Labute approximate surface area is 117 Å². The van der Waals surface area contributed by atoms with Crippen molar-refractivity contribution < 1.29 is 4.74 Å². The van der Waals surface area contributed by atoms with E-state index < -0.39 is 0 Å². The highest BCUT2D eigenvalue weighted by Crippen LogP contribution is 2.21. The Balaban J connectivity index is 2.18. The Kier molecular flexibility index (Phi) is 4.22.